The van der Waals surface area contributed by atoms with Crippen molar-refractivity contribution in [3.05, 3.63) is 87.8 Å². The molecule has 0 aromatic heterocycles. The summed E-state index contributed by atoms with van der Waals surface area (Å²) in [6.07, 6.45) is 0. The zero-order chi connectivity index (χ0) is 18.7. The number of rotatable bonds is 1. The van der Waals surface area contributed by atoms with Crippen molar-refractivity contribution in [1.29, 1.82) is 0 Å². The zero-order valence-electron chi connectivity index (χ0n) is 14.4. The van der Waals surface area contributed by atoms with E-state index in [2.05, 4.69) is 62.2 Å². The molecule has 0 bridgehead atoms. The molecule has 7 heteroatoms. The Morgan fingerprint density at radius 2 is 1.15 bits per heavy atom. The summed E-state index contributed by atoms with van der Waals surface area (Å²) in [5, 5.41) is 3.72. The van der Waals surface area contributed by atoms with Crippen molar-refractivity contribution in [2.45, 2.75) is 4.90 Å². The summed E-state index contributed by atoms with van der Waals surface area (Å²) in [4.78, 5) is -0.179. The van der Waals surface area contributed by atoms with Crippen molar-refractivity contribution in [2.24, 2.45) is 0 Å². The largest absolute Gasteiger partial charge is 1.00 e. The number of hydrogen-bond donors (Lipinski definition) is 0. The minimum absolute atomic E-state index is 0. The molecular weight excluding hydrogens is 519 g/mol. The summed E-state index contributed by atoms with van der Waals surface area (Å²) in [5.74, 6) is 0. The Hall–Kier alpha value is -0.0936. The van der Waals surface area contributed by atoms with Crippen molar-refractivity contribution in [3.63, 3.8) is 0 Å². The average molecular weight is 532 g/mol. The standard InChI is InChI=1S/C10H7BrO3S.C10H7Br.K/c11-9-5-6-10(15(12,13)14)8-4-2-1-3-7(8)9;11-10-7-3-5-8-4-1-2-6-9(8)10;/h1-6H,(H,12,13,14);1-7H;/q;;+1/p-1. The second kappa shape index (κ2) is 10.1. The van der Waals surface area contributed by atoms with Crippen LogP contribution in [0.1, 0.15) is 0 Å². The fraction of sp³-hybridized carbons (Fsp3) is 0. The van der Waals surface area contributed by atoms with E-state index in [1.165, 1.54) is 16.8 Å². The van der Waals surface area contributed by atoms with E-state index in [0.717, 1.165) is 14.3 Å². The third kappa shape index (κ3) is 5.71. The van der Waals surface area contributed by atoms with Gasteiger partial charge >= 0.3 is 51.4 Å². The molecule has 27 heavy (non-hydrogen) atoms. The minimum Gasteiger partial charge on any atom is -0.744 e. The monoisotopic (exact) mass is 530 g/mol. The predicted molar refractivity (Wildman–Crippen MR) is 111 cm³/mol. The molecule has 0 saturated heterocycles. The fourth-order valence-corrected chi connectivity index (χ4v) is 4.31. The number of benzene rings is 4. The van der Waals surface area contributed by atoms with Gasteiger partial charge < -0.3 is 4.55 Å². The van der Waals surface area contributed by atoms with Crippen LogP contribution >= 0.6 is 31.9 Å². The Labute approximate surface area is 217 Å². The average Bonchev–Trinajstić information content (AvgIpc) is 2.62. The van der Waals surface area contributed by atoms with Crippen molar-refractivity contribution >= 4 is 63.5 Å². The van der Waals surface area contributed by atoms with E-state index in [4.69, 9.17) is 0 Å². The van der Waals surface area contributed by atoms with Crippen LogP contribution in [0.25, 0.3) is 21.5 Å². The second-order valence-corrected chi connectivity index (χ2v) is 8.56. The number of hydrogen-bond acceptors (Lipinski definition) is 3. The zero-order valence-corrected chi connectivity index (χ0v) is 21.5. The van der Waals surface area contributed by atoms with Crippen LogP contribution in [0.3, 0.4) is 0 Å². The van der Waals surface area contributed by atoms with Crippen LogP contribution in [-0.4, -0.2) is 13.0 Å². The normalized spacial score (nSPS) is 10.8. The minimum atomic E-state index is -4.42. The van der Waals surface area contributed by atoms with Gasteiger partial charge in [-0.25, -0.2) is 8.42 Å². The van der Waals surface area contributed by atoms with E-state index in [-0.39, 0.29) is 56.3 Å². The molecule has 0 aliphatic heterocycles. The Morgan fingerprint density at radius 1 is 0.630 bits per heavy atom. The molecule has 3 nitrogen and oxygen atoms in total. The van der Waals surface area contributed by atoms with Crippen LogP contribution < -0.4 is 51.4 Å². The molecule has 0 unspecified atom stereocenters. The molecule has 0 N–H and O–H groups in total. The van der Waals surface area contributed by atoms with Gasteiger partial charge in [-0.3, -0.25) is 0 Å². The molecule has 0 atom stereocenters. The van der Waals surface area contributed by atoms with Gasteiger partial charge in [-0.1, -0.05) is 92.5 Å². The third-order valence-electron chi connectivity index (χ3n) is 3.84. The van der Waals surface area contributed by atoms with Gasteiger partial charge in [0.05, 0.1) is 4.90 Å². The van der Waals surface area contributed by atoms with Gasteiger partial charge in [0.2, 0.25) is 0 Å². The van der Waals surface area contributed by atoms with Crippen LogP contribution in [0.15, 0.2) is 92.7 Å². The molecule has 0 heterocycles. The summed E-state index contributed by atoms with van der Waals surface area (Å²) in [6, 6.07) is 24.3. The molecule has 0 spiro atoms. The van der Waals surface area contributed by atoms with Gasteiger partial charge in [0.25, 0.3) is 0 Å². The molecule has 132 valence electrons. The molecule has 0 aliphatic carbocycles. The van der Waals surface area contributed by atoms with Crippen LogP contribution in [0.5, 0.6) is 0 Å². The smallest absolute Gasteiger partial charge is 0.744 e. The fourth-order valence-electron chi connectivity index (χ4n) is 2.64. The first-order valence-electron chi connectivity index (χ1n) is 7.64. The quantitative estimate of drug-likeness (QED) is 0.280. The molecule has 0 amide bonds. The van der Waals surface area contributed by atoms with Gasteiger partial charge in [0.15, 0.2) is 0 Å². The Morgan fingerprint density at radius 3 is 1.78 bits per heavy atom. The van der Waals surface area contributed by atoms with Gasteiger partial charge in [-0.15, -0.1) is 0 Å². The van der Waals surface area contributed by atoms with E-state index >= 15 is 0 Å². The maximum absolute atomic E-state index is 11.0. The van der Waals surface area contributed by atoms with Crippen molar-refractivity contribution in [2.75, 3.05) is 0 Å². The molecule has 4 aromatic carbocycles. The molecule has 4 aromatic rings. The van der Waals surface area contributed by atoms with E-state index in [1.807, 2.05) is 12.1 Å². The summed E-state index contributed by atoms with van der Waals surface area (Å²) in [5.41, 5.74) is 0. The van der Waals surface area contributed by atoms with Gasteiger partial charge in [0, 0.05) is 14.3 Å². The van der Waals surface area contributed by atoms with E-state index in [1.54, 1.807) is 30.3 Å². The molecule has 0 saturated carbocycles. The third-order valence-corrected chi connectivity index (χ3v) is 6.11. The maximum atomic E-state index is 11.0. The second-order valence-electron chi connectivity index (χ2n) is 5.51. The van der Waals surface area contributed by atoms with E-state index in [9.17, 15) is 13.0 Å². The summed E-state index contributed by atoms with van der Waals surface area (Å²) >= 11 is 6.80. The van der Waals surface area contributed by atoms with Crippen LogP contribution in [0.2, 0.25) is 0 Å². The summed E-state index contributed by atoms with van der Waals surface area (Å²) < 4.78 is 34.9. The van der Waals surface area contributed by atoms with Gasteiger partial charge in [-0.2, -0.15) is 0 Å². The van der Waals surface area contributed by atoms with Crippen molar-refractivity contribution in [3.8, 4) is 0 Å². The van der Waals surface area contributed by atoms with E-state index in [0.29, 0.717) is 5.39 Å². The SMILES string of the molecule is Brc1cccc2ccccc12.O=S(=O)([O-])c1ccc(Br)c2ccccc12.[K+]. The molecule has 0 radical (unpaired) electrons. The molecule has 4 rings (SSSR count). The van der Waals surface area contributed by atoms with Gasteiger partial charge in [-0.05, 0) is 34.4 Å². The Balaban J connectivity index is 0.000000194. The maximum Gasteiger partial charge on any atom is 1.00 e. The number of halogens is 2. The van der Waals surface area contributed by atoms with Crippen LogP contribution in [0, 0.1) is 0 Å². The topological polar surface area (TPSA) is 57.2 Å². The van der Waals surface area contributed by atoms with Crippen LogP contribution in [-0.2, 0) is 10.1 Å². The first kappa shape index (κ1) is 23.2. The molecular formula is C20H13Br2KO3S. The first-order chi connectivity index (χ1) is 12.4. The molecule has 0 aliphatic rings. The summed E-state index contributed by atoms with van der Waals surface area (Å²) in [7, 11) is -4.42. The van der Waals surface area contributed by atoms with Crippen molar-refractivity contribution < 1.29 is 64.4 Å². The van der Waals surface area contributed by atoms with Crippen LogP contribution in [0.4, 0.5) is 0 Å². The van der Waals surface area contributed by atoms with Gasteiger partial charge in [0.1, 0.15) is 10.1 Å². The number of fused-ring (bicyclic) bond motifs is 2. The first-order valence-corrected chi connectivity index (χ1v) is 10.6. The molecule has 0 fully saturated rings. The Bertz CT molecular complexity index is 1190. The van der Waals surface area contributed by atoms with Crippen molar-refractivity contribution in [1.82, 2.24) is 0 Å². The van der Waals surface area contributed by atoms with E-state index < -0.39 is 10.1 Å². The Kier molecular flexibility index (Phi) is 8.67. The predicted octanol–water partition coefficient (Wildman–Crippen LogP) is 3.11. The summed E-state index contributed by atoms with van der Waals surface area (Å²) in [6.45, 7) is 0.